The Morgan fingerprint density at radius 3 is 3.07 bits per heavy atom. The third kappa shape index (κ3) is 2.24. The molecule has 5 heteroatoms. The molecule has 4 nitrogen and oxygen atoms in total. The fraction of sp³-hybridized carbons (Fsp3) is 0.333. The van der Waals surface area contributed by atoms with Crippen LogP contribution in [-0.2, 0) is 0 Å². The van der Waals surface area contributed by atoms with Crippen LogP contribution in [0.4, 0.5) is 0 Å². The maximum atomic E-state index is 10.7. The lowest BCUT2D eigenvalue weighted by Gasteiger charge is -2.08. The van der Waals surface area contributed by atoms with Gasteiger partial charge < -0.3 is 9.84 Å². The quantitative estimate of drug-likeness (QED) is 0.828. The van der Waals surface area contributed by atoms with Crippen LogP contribution >= 0.6 is 11.3 Å². The van der Waals surface area contributed by atoms with E-state index in [9.17, 15) is 4.79 Å². The lowest BCUT2D eigenvalue weighted by Crippen LogP contribution is -2.13. The van der Waals surface area contributed by atoms with Gasteiger partial charge in [0.15, 0.2) is 11.0 Å². The van der Waals surface area contributed by atoms with Gasteiger partial charge in [-0.1, -0.05) is 6.92 Å². The summed E-state index contributed by atoms with van der Waals surface area (Å²) in [6.07, 6.45) is -0.0477. The van der Waals surface area contributed by atoms with Crippen molar-refractivity contribution in [3.8, 4) is 11.8 Å². The van der Waals surface area contributed by atoms with Gasteiger partial charge in [-0.05, 0) is 17.9 Å². The molecule has 0 aliphatic heterocycles. The Hall–Kier alpha value is -1.54. The van der Waals surface area contributed by atoms with E-state index in [1.165, 1.54) is 0 Å². The molecule has 0 radical (unpaired) electrons. The van der Waals surface area contributed by atoms with Gasteiger partial charge in [-0.3, -0.25) is 0 Å². The zero-order valence-electron chi connectivity index (χ0n) is 7.56. The molecule has 1 heterocycles. The minimum atomic E-state index is -1.03. The normalized spacial score (nSPS) is 11.7. The first kappa shape index (κ1) is 10.5. The number of carbonyl (C=O) groups is 1. The summed E-state index contributed by atoms with van der Waals surface area (Å²) >= 11 is 1.09. The van der Waals surface area contributed by atoms with Crippen LogP contribution in [0.2, 0.25) is 0 Å². The largest absolute Gasteiger partial charge is 0.477 e. The molecule has 14 heavy (non-hydrogen) atoms. The van der Waals surface area contributed by atoms with Crippen LogP contribution in [0.25, 0.3) is 0 Å². The molecule has 0 amide bonds. The molecule has 74 valence electrons. The summed E-state index contributed by atoms with van der Waals surface area (Å²) in [5.41, 5.74) is 0. The van der Waals surface area contributed by atoms with Crippen LogP contribution in [0, 0.1) is 11.3 Å². The van der Waals surface area contributed by atoms with Crippen molar-refractivity contribution < 1.29 is 14.6 Å². The fourth-order valence-electron chi connectivity index (χ4n) is 0.900. The van der Waals surface area contributed by atoms with E-state index in [4.69, 9.17) is 15.1 Å². The Labute approximate surface area is 85.4 Å². The van der Waals surface area contributed by atoms with Gasteiger partial charge >= 0.3 is 5.97 Å². The molecular formula is C9H9NO3S. The van der Waals surface area contributed by atoms with Crippen LogP contribution < -0.4 is 4.74 Å². The number of rotatable bonds is 4. The summed E-state index contributed by atoms with van der Waals surface area (Å²) in [7, 11) is 0. The topological polar surface area (TPSA) is 70.3 Å². The number of ether oxygens (including phenoxy) is 1. The second kappa shape index (κ2) is 4.63. The van der Waals surface area contributed by atoms with Gasteiger partial charge in [0.2, 0.25) is 0 Å². The van der Waals surface area contributed by atoms with Gasteiger partial charge in [0.05, 0.1) is 0 Å². The number of aromatic carboxylic acids is 1. The highest BCUT2D eigenvalue weighted by Gasteiger charge is 2.15. The Morgan fingerprint density at radius 2 is 2.57 bits per heavy atom. The molecule has 0 spiro atoms. The van der Waals surface area contributed by atoms with Crippen LogP contribution in [0.1, 0.15) is 23.0 Å². The van der Waals surface area contributed by atoms with Crippen LogP contribution in [0.3, 0.4) is 0 Å². The Balaban J connectivity index is 2.81. The first-order valence-corrected chi connectivity index (χ1v) is 4.94. The van der Waals surface area contributed by atoms with E-state index >= 15 is 0 Å². The highest BCUT2D eigenvalue weighted by Crippen LogP contribution is 2.25. The average Bonchev–Trinajstić information content (AvgIpc) is 2.62. The fourth-order valence-corrected chi connectivity index (χ4v) is 1.56. The van der Waals surface area contributed by atoms with Crippen molar-refractivity contribution in [1.29, 1.82) is 5.26 Å². The predicted molar refractivity (Wildman–Crippen MR) is 51.6 cm³/mol. The van der Waals surface area contributed by atoms with E-state index in [1.54, 1.807) is 18.4 Å². The monoisotopic (exact) mass is 211 g/mol. The Morgan fingerprint density at radius 1 is 1.86 bits per heavy atom. The van der Waals surface area contributed by atoms with Crippen molar-refractivity contribution in [1.82, 2.24) is 0 Å². The Bertz CT molecular complexity index is 366. The minimum Gasteiger partial charge on any atom is -0.477 e. The summed E-state index contributed by atoms with van der Waals surface area (Å²) in [4.78, 5) is 10.8. The summed E-state index contributed by atoms with van der Waals surface area (Å²) in [6, 6.07) is 3.51. The molecule has 1 aromatic rings. The van der Waals surface area contributed by atoms with Gasteiger partial charge in [-0.25, -0.2) is 4.79 Å². The molecule has 1 atom stereocenters. The van der Waals surface area contributed by atoms with Crippen LogP contribution in [-0.4, -0.2) is 17.2 Å². The molecule has 0 aliphatic rings. The molecular weight excluding hydrogens is 202 g/mol. The third-order valence-electron chi connectivity index (χ3n) is 1.61. The van der Waals surface area contributed by atoms with Crippen molar-refractivity contribution in [3.63, 3.8) is 0 Å². The number of thiophene rings is 1. The average molecular weight is 211 g/mol. The first-order valence-electron chi connectivity index (χ1n) is 4.06. The molecule has 0 fully saturated rings. The minimum absolute atomic E-state index is 0.138. The molecule has 0 bridgehead atoms. The van der Waals surface area contributed by atoms with Crippen molar-refractivity contribution in [2.24, 2.45) is 0 Å². The first-order chi connectivity index (χ1) is 6.69. The van der Waals surface area contributed by atoms with E-state index in [1.807, 2.05) is 6.07 Å². The van der Waals surface area contributed by atoms with E-state index < -0.39 is 12.1 Å². The molecule has 0 saturated heterocycles. The smallest absolute Gasteiger partial charge is 0.349 e. The second-order valence-electron chi connectivity index (χ2n) is 2.56. The summed E-state index contributed by atoms with van der Waals surface area (Å²) in [6.45, 7) is 1.81. The lowest BCUT2D eigenvalue weighted by atomic mass is 10.3. The van der Waals surface area contributed by atoms with Crippen molar-refractivity contribution in [2.75, 3.05) is 0 Å². The van der Waals surface area contributed by atoms with Crippen LogP contribution in [0.15, 0.2) is 11.4 Å². The molecule has 1 N–H and O–H groups in total. The zero-order chi connectivity index (χ0) is 10.6. The predicted octanol–water partition coefficient (Wildman–Crippen LogP) is 2.13. The molecule has 1 aromatic heterocycles. The standard InChI is InChI=1S/C9H9NO3S/c1-2-6(5-10)13-7-3-4-14-8(7)9(11)12/h3-4,6H,2H2,1H3,(H,11,12). The summed E-state index contributed by atoms with van der Waals surface area (Å²) in [5.74, 6) is -0.751. The lowest BCUT2D eigenvalue weighted by molar-refractivity contribution is 0.0696. The zero-order valence-corrected chi connectivity index (χ0v) is 8.37. The van der Waals surface area contributed by atoms with E-state index in [2.05, 4.69) is 0 Å². The van der Waals surface area contributed by atoms with Crippen molar-refractivity contribution >= 4 is 17.3 Å². The van der Waals surface area contributed by atoms with Gasteiger partial charge in [-0.15, -0.1) is 11.3 Å². The highest BCUT2D eigenvalue weighted by atomic mass is 32.1. The molecule has 0 aliphatic carbocycles. The van der Waals surface area contributed by atoms with Crippen molar-refractivity contribution in [3.05, 3.63) is 16.3 Å². The highest BCUT2D eigenvalue weighted by molar-refractivity contribution is 7.12. The van der Waals surface area contributed by atoms with Gasteiger partial charge in [0.1, 0.15) is 11.8 Å². The number of hydrogen-bond donors (Lipinski definition) is 1. The molecule has 0 aromatic carbocycles. The van der Waals surface area contributed by atoms with E-state index in [-0.39, 0.29) is 10.6 Å². The summed E-state index contributed by atoms with van der Waals surface area (Å²) < 4.78 is 5.21. The van der Waals surface area contributed by atoms with Crippen molar-refractivity contribution in [2.45, 2.75) is 19.4 Å². The SMILES string of the molecule is CCC(C#N)Oc1ccsc1C(=O)O. The number of nitriles is 1. The van der Waals surface area contributed by atoms with E-state index in [0.29, 0.717) is 6.42 Å². The molecule has 0 saturated carbocycles. The molecule has 1 rings (SSSR count). The van der Waals surface area contributed by atoms with Gasteiger partial charge in [-0.2, -0.15) is 5.26 Å². The number of carboxylic acid groups (broad SMARTS) is 1. The van der Waals surface area contributed by atoms with Gasteiger partial charge in [0.25, 0.3) is 0 Å². The number of nitrogens with zero attached hydrogens (tertiary/aromatic N) is 1. The Kier molecular flexibility index (Phi) is 3.48. The van der Waals surface area contributed by atoms with Crippen LogP contribution in [0.5, 0.6) is 5.75 Å². The maximum Gasteiger partial charge on any atom is 0.349 e. The van der Waals surface area contributed by atoms with Gasteiger partial charge in [0, 0.05) is 0 Å². The third-order valence-corrected chi connectivity index (χ3v) is 2.49. The van der Waals surface area contributed by atoms with E-state index in [0.717, 1.165) is 11.3 Å². The molecule has 1 unspecified atom stereocenters. The maximum absolute atomic E-state index is 10.7. The number of carboxylic acids is 1. The second-order valence-corrected chi connectivity index (χ2v) is 3.48. The number of hydrogen-bond acceptors (Lipinski definition) is 4. The summed E-state index contributed by atoms with van der Waals surface area (Å²) in [5, 5.41) is 19.0.